The molecule has 1 N–H and O–H groups in total. The van der Waals surface area contributed by atoms with Gasteiger partial charge < -0.3 is 19.2 Å². The van der Waals surface area contributed by atoms with Gasteiger partial charge >= 0.3 is 0 Å². The number of non-ortho nitro benzene ring substituents is 1. The average molecular weight is 472 g/mol. The first-order valence-electron chi connectivity index (χ1n) is 10.9. The number of anilines is 1. The van der Waals surface area contributed by atoms with Crippen LogP contribution >= 0.6 is 0 Å². The molecule has 0 aliphatic carbocycles. The van der Waals surface area contributed by atoms with E-state index in [1.807, 2.05) is 51.1 Å². The fraction of sp³-hybridized carbons (Fsp3) is 0.148. The minimum absolute atomic E-state index is 0.0533. The summed E-state index contributed by atoms with van der Waals surface area (Å²) in [6.07, 6.45) is 0. The lowest BCUT2D eigenvalue weighted by Gasteiger charge is -2.10. The van der Waals surface area contributed by atoms with Crippen LogP contribution in [-0.4, -0.2) is 10.8 Å². The molecule has 0 fully saturated rings. The number of carbonyl (C=O) groups excluding carboxylic acids is 1. The Bertz CT molecular complexity index is 1350. The van der Waals surface area contributed by atoms with Gasteiger partial charge in [-0.2, -0.15) is 0 Å². The van der Waals surface area contributed by atoms with Gasteiger partial charge in [0.25, 0.3) is 11.6 Å². The van der Waals surface area contributed by atoms with Gasteiger partial charge in [0.1, 0.15) is 29.6 Å². The molecule has 1 amide bonds. The number of para-hydroxylation sites is 1. The van der Waals surface area contributed by atoms with Gasteiger partial charge in [-0.1, -0.05) is 35.9 Å². The second-order valence-electron chi connectivity index (χ2n) is 8.12. The maximum Gasteiger partial charge on any atom is 0.291 e. The summed E-state index contributed by atoms with van der Waals surface area (Å²) < 4.78 is 17.3. The summed E-state index contributed by atoms with van der Waals surface area (Å²) in [6, 6.07) is 20.4. The maximum absolute atomic E-state index is 12.7. The molecule has 0 bridgehead atoms. The van der Waals surface area contributed by atoms with E-state index in [2.05, 4.69) is 5.32 Å². The molecule has 8 heteroatoms. The van der Waals surface area contributed by atoms with Crippen LogP contribution in [0.5, 0.6) is 17.2 Å². The van der Waals surface area contributed by atoms with Gasteiger partial charge in [-0.3, -0.25) is 14.9 Å². The number of hydrogen-bond donors (Lipinski definition) is 1. The monoisotopic (exact) mass is 472 g/mol. The molecule has 0 saturated heterocycles. The van der Waals surface area contributed by atoms with Crippen molar-refractivity contribution in [3.8, 4) is 17.2 Å². The Labute approximate surface area is 202 Å². The zero-order valence-electron chi connectivity index (χ0n) is 19.5. The molecule has 0 aliphatic heterocycles. The highest BCUT2D eigenvalue weighted by Gasteiger charge is 2.17. The van der Waals surface area contributed by atoms with Crippen LogP contribution < -0.4 is 14.8 Å². The first kappa shape index (κ1) is 23.6. The number of furan rings is 1. The van der Waals surface area contributed by atoms with Gasteiger partial charge in [0, 0.05) is 12.1 Å². The summed E-state index contributed by atoms with van der Waals surface area (Å²) in [5, 5.41) is 14.0. The van der Waals surface area contributed by atoms with E-state index in [0.717, 1.165) is 22.4 Å². The number of nitro benzene ring substituents is 1. The summed E-state index contributed by atoms with van der Waals surface area (Å²) in [6.45, 7) is 6.02. The number of hydrogen-bond acceptors (Lipinski definition) is 6. The van der Waals surface area contributed by atoms with E-state index >= 15 is 0 Å². The van der Waals surface area contributed by atoms with Crippen LogP contribution in [0.15, 0.2) is 77.2 Å². The Morgan fingerprint density at radius 2 is 1.66 bits per heavy atom. The van der Waals surface area contributed by atoms with Gasteiger partial charge in [0.2, 0.25) is 0 Å². The minimum Gasteiger partial charge on any atom is -0.485 e. The van der Waals surface area contributed by atoms with Crippen LogP contribution in [0.1, 0.15) is 33.0 Å². The topological polar surface area (TPSA) is 104 Å². The summed E-state index contributed by atoms with van der Waals surface area (Å²) in [5.41, 5.74) is 3.05. The van der Waals surface area contributed by atoms with Crippen molar-refractivity contribution in [2.24, 2.45) is 0 Å². The van der Waals surface area contributed by atoms with Crippen LogP contribution in [-0.2, 0) is 6.61 Å². The Morgan fingerprint density at radius 1 is 0.943 bits per heavy atom. The molecule has 35 heavy (non-hydrogen) atoms. The Kier molecular flexibility index (Phi) is 6.82. The predicted molar refractivity (Wildman–Crippen MR) is 131 cm³/mol. The highest BCUT2D eigenvalue weighted by molar-refractivity contribution is 6.02. The molecule has 0 spiro atoms. The van der Waals surface area contributed by atoms with E-state index in [-0.39, 0.29) is 29.5 Å². The number of rotatable bonds is 8. The molecule has 0 unspecified atom stereocenters. The van der Waals surface area contributed by atoms with Crippen LogP contribution in [0.2, 0.25) is 0 Å². The zero-order valence-corrected chi connectivity index (χ0v) is 19.5. The van der Waals surface area contributed by atoms with E-state index in [0.29, 0.717) is 11.5 Å². The summed E-state index contributed by atoms with van der Waals surface area (Å²) in [4.78, 5) is 23.6. The molecule has 8 nitrogen and oxygen atoms in total. The number of nitrogens with one attached hydrogen (secondary N) is 1. The van der Waals surface area contributed by atoms with Gasteiger partial charge in [-0.15, -0.1) is 0 Å². The molecule has 178 valence electrons. The van der Waals surface area contributed by atoms with Gasteiger partial charge in [-0.05, 0) is 56.2 Å². The smallest absolute Gasteiger partial charge is 0.291 e. The molecule has 1 aromatic heterocycles. The highest BCUT2D eigenvalue weighted by Crippen LogP contribution is 2.30. The molecular formula is C27H24N2O6. The van der Waals surface area contributed by atoms with Crippen LogP contribution in [0.25, 0.3) is 0 Å². The van der Waals surface area contributed by atoms with Crippen LogP contribution in [0, 0.1) is 30.9 Å². The maximum atomic E-state index is 12.7. The third-order valence-corrected chi connectivity index (χ3v) is 5.27. The zero-order chi connectivity index (χ0) is 24.9. The van der Waals surface area contributed by atoms with Gasteiger partial charge in [0.15, 0.2) is 5.76 Å². The van der Waals surface area contributed by atoms with E-state index in [1.54, 1.807) is 18.2 Å². The van der Waals surface area contributed by atoms with Crippen LogP contribution in [0.3, 0.4) is 0 Å². The third-order valence-electron chi connectivity index (χ3n) is 5.27. The molecule has 0 atom stereocenters. The van der Waals surface area contributed by atoms with E-state index in [4.69, 9.17) is 13.9 Å². The number of amides is 1. The molecule has 0 saturated carbocycles. The average Bonchev–Trinajstić information content (AvgIpc) is 3.29. The van der Waals surface area contributed by atoms with Gasteiger partial charge in [-0.25, -0.2) is 0 Å². The number of nitrogens with zero attached hydrogens (tertiary/aromatic N) is 1. The minimum atomic E-state index is -0.551. The Morgan fingerprint density at radius 3 is 2.34 bits per heavy atom. The SMILES string of the molecule is Cc1ccc(Oc2cc(NC(=O)c3ccc(COc4c(C)cccc4C)o3)cc([N+](=O)[O-])c2)cc1. The lowest BCUT2D eigenvalue weighted by atomic mass is 10.1. The molecule has 4 rings (SSSR count). The van der Waals surface area contributed by atoms with Crippen molar-refractivity contribution in [1.29, 1.82) is 0 Å². The summed E-state index contributed by atoms with van der Waals surface area (Å²) in [7, 11) is 0. The number of ether oxygens (including phenoxy) is 2. The molecule has 1 heterocycles. The number of nitro groups is 1. The largest absolute Gasteiger partial charge is 0.485 e. The predicted octanol–water partition coefficient (Wildman–Crippen LogP) is 6.74. The van der Waals surface area contributed by atoms with E-state index in [1.165, 1.54) is 24.3 Å². The quantitative estimate of drug-likeness (QED) is 0.225. The van der Waals surface area contributed by atoms with Crippen molar-refractivity contribution in [2.45, 2.75) is 27.4 Å². The van der Waals surface area contributed by atoms with Crippen molar-refractivity contribution in [2.75, 3.05) is 5.32 Å². The first-order valence-corrected chi connectivity index (χ1v) is 10.9. The van der Waals surface area contributed by atoms with Crippen molar-refractivity contribution in [1.82, 2.24) is 0 Å². The van der Waals surface area contributed by atoms with Crippen molar-refractivity contribution in [3.63, 3.8) is 0 Å². The first-order chi connectivity index (χ1) is 16.8. The van der Waals surface area contributed by atoms with Crippen molar-refractivity contribution in [3.05, 3.63) is 111 Å². The summed E-state index contributed by atoms with van der Waals surface area (Å²) >= 11 is 0. The molecule has 3 aromatic carbocycles. The van der Waals surface area contributed by atoms with Gasteiger partial charge in [0.05, 0.1) is 16.7 Å². The standard InChI is InChI=1S/C27H24N2O6/c1-17-7-9-22(10-8-17)34-24-14-20(13-21(15-24)29(31)32)28-27(30)25-12-11-23(35-25)16-33-26-18(2)5-4-6-19(26)3/h4-15H,16H2,1-3H3,(H,28,30). The van der Waals surface area contributed by atoms with Crippen molar-refractivity contribution >= 4 is 17.3 Å². The third kappa shape index (κ3) is 5.86. The van der Waals surface area contributed by atoms with Crippen molar-refractivity contribution < 1.29 is 23.6 Å². The lowest BCUT2D eigenvalue weighted by Crippen LogP contribution is -2.11. The fourth-order valence-electron chi connectivity index (χ4n) is 3.50. The second kappa shape index (κ2) is 10.1. The van der Waals surface area contributed by atoms with Crippen LogP contribution in [0.4, 0.5) is 11.4 Å². The molecule has 0 radical (unpaired) electrons. The summed E-state index contributed by atoms with van der Waals surface area (Å²) in [5.74, 6) is 1.49. The highest BCUT2D eigenvalue weighted by atomic mass is 16.6. The number of carbonyl (C=O) groups is 1. The molecular weight excluding hydrogens is 448 g/mol. The fourth-order valence-corrected chi connectivity index (χ4v) is 3.50. The normalized spacial score (nSPS) is 10.6. The molecule has 4 aromatic rings. The lowest BCUT2D eigenvalue weighted by molar-refractivity contribution is -0.384. The number of benzene rings is 3. The Balaban J connectivity index is 1.47. The molecule has 0 aliphatic rings. The number of aryl methyl sites for hydroxylation is 3. The Hall–Kier alpha value is -4.59. The van der Waals surface area contributed by atoms with E-state index in [9.17, 15) is 14.9 Å². The van der Waals surface area contributed by atoms with E-state index < -0.39 is 10.8 Å². The second-order valence-corrected chi connectivity index (χ2v) is 8.12.